The minimum Gasteiger partial charge on any atom is -0.313 e. The highest BCUT2D eigenvalue weighted by molar-refractivity contribution is 5.84. The molecule has 1 aliphatic rings. The minimum atomic E-state index is -0.108. The smallest absolute Gasteiger partial charge is 0.258 e. The van der Waals surface area contributed by atoms with Crippen LogP contribution in [0.4, 0.5) is 0 Å². The molecule has 0 amide bonds. The molecule has 1 fully saturated rings. The van der Waals surface area contributed by atoms with Gasteiger partial charge in [0, 0.05) is 17.2 Å². The normalized spacial score (nSPS) is 14.9. The van der Waals surface area contributed by atoms with Crippen molar-refractivity contribution in [2.45, 2.75) is 18.8 Å². The molecular formula is C14H12N4O. The number of rotatable bonds is 2. The van der Waals surface area contributed by atoms with Gasteiger partial charge in [-0.15, -0.1) is 0 Å². The first-order valence-corrected chi connectivity index (χ1v) is 6.34. The summed E-state index contributed by atoms with van der Waals surface area (Å²) in [7, 11) is 0. The molecular weight excluding hydrogens is 240 g/mol. The Morgan fingerprint density at radius 2 is 2.16 bits per heavy atom. The predicted octanol–water partition coefficient (Wildman–Crippen LogP) is 2.19. The zero-order chi connectivity index (χ0) is 12.8. The van der Waals surface area contributed by atoms with Gasteiger partial charge in [0.05, 0.1) is 23.4 Å². The molecule has 0 aliphatic heterocycles. The summed E-state index contributed by atoms with van der Waals surface area (Å²) in [5.41, 5.74) is 3.89. The van der Waals surface area contributed by atoms with Gasteiger partial charge in [0.15, 0.2) is 0 Å². The summed E-state index contributed by atoms with van der Waals surface area (Å²) in [5.74, 6) is 0.598. The first-order valence-electron chi connectivity index (χ1n) is 6.34. The topological polar surface area (TPSA) is 74.4 Å². The molecule has 0 saturated heterocycles. The lowest BCUT2D eigenvalue weighted by molar-refractivity contribution is 0.966. The fraction of sp³-hybridized carbons (Fsp3) is 0.214. The van der Waals surface area contributed by atoms with Crippen LogP contribution in [-0.4, -0.2) is 20.2 Å². The standard InChI is InChI=1S/C14H12N4O/c19-14-10-5-9(3-4-12(10)15-7-16-14)11-6-17-18-13(11)8-1-2-8/h3-8H,1-2H2,(H,17,18)(H,15,16,19). The molecule has 0 atom stereocenters. The van der Waals surface area contributed by atoms with Gasteiger partial charge in [-0.05, 0) is 30.5 Å². The number of hydrogen-bond acceptors (Lipinski definition) is 3. The lowest BCUT2D eigenvalue weighted by Crippen LogP contribution is -2.06. The van der Waals surface area contributed by atoms with Crippen molar-refractivity contribution in [1.82, 2.24) is 20.2 Å². The number of hydrogen-bond donors (Lipinski definition) is 2. The molecule has 2 heterocycles. The first-order chi connectivity index (χ1) is 9.33. The van der Waals surface area contributed by atoms with Crippen molar-refractivity contribution in [2.75, 3.05) is 0 Å². The zero-order valence-corrected chi connectivity index (χ0v) is 10.2. The molecule has 0 unspecified atom stereocenters. The third-order valence-corrected chi connectivity index (χ3v) is 3.61. The second kappa shape index (κ2) is 3.78. The minimum absolute atomic E-state index is 0.108. The fourth-order valence-electron chi connectivity index (χ4n) is 2.45. The van der Waals surface area contributed by atoms with Gasteiger partial charge >= 0.3 is 0 Å². The van der Waals surface area contributed by atoms with Crippen molar-refractivity contribution in [3.63, 3.8) is 0 Å². The van der Waals surface area contributed by atoms with Crippen LogP contribution in [0.3, 0.4) is 0 Å². The summed E-state index contributed by atoms with van der Waals surface area (Å²) in [6.45, 7) is 0. The third kappa shape index (κ3) is 1.66. The van der Waals surface area contributed by atoms with E-state index in [-0.39, 0.29) is 5.56 Å². The maximum Gasteiger partial charge on any atom is 0.258 e. The molecule has 2 N–H and O–H groups in total. The van der Waals surface area contributed by atoms with E-state index >= 15 is 0 Å². The fourth-order valence-corrected chi connectivity index (χ4v) is 2.45. The maximum absolute atomic E-state index is 11.8. The molecule has 0 spiro atoms. The summed E-state index contributed by atoms with van der Waals surface area (Å²) in [6, 6.07) is 5.76. The lowest BCUT2D eigenvalue weighted by Gasteiger charge is -2.03. The third-order valence-electron chi connectivity index (χ3n) is 3.61. The van der Waals surface area contributed by atoms with Gasteiger partial charge in [-0.25, -0.2) is 4.98 Å². The summed E-state index contributed by atoms with van der Waals surface area (Å²) in [4.78, 5) is 18.6. The summed E-state index contributed by atoms with van der Waals surface area (Å²) >= 11 is 0. The van der Waals surface area contributed by atoms with Crippen LogP contribution in [0.5, 0.6) is 0 Å². The first kappa shape index (κ1) is 10.5. The number of benzene rings is 1. The number of nitrogens with one attached hydrogen (secondary N) is 2. The van der Waals surface area contributed by atoms with E-state index in [2.05, 4.69) is 20.2 Å². The average molecular weight is 252 g/mol. The van der Waals surface area contributed by atoms with Crippen LogP contribution in [0.25, 0.3) is 22.0 Å². The molecule has 3 aromatic rings. The van der Waals surface area contributed by atoms with Crippen LogP contribution in [0.15, 0.2) is 35.5 Å². The van der Waals surface area contributed by atoms with Gasteiger partial charge in [0.2, 0.25) is 0 Å². The van der Waals surface area contributed by atoms with Crippen molar-refractivity contribution >= 4 is 10.9 Å². The molecule has 94 valence electrons. The Morgan fingerprint density at radius 1 is 1.26 bits per heavy atom. The van der Waals surface area contributed by atoms with E-state index in [4.69, 9.17) is 0 Å². The summed E-state index contributed by atoms with van der Waals surface area (Å²) in [5, 5.41) is 7.83. The van der Waals surface area contributed by atoms with E-state index < -0.39 is 0 Å². The van der Waals surface area contributed by atoms with E-state index in [9.17, 15) is 4.79 Å². The Morgan fingerprint density at radius 3 is 3.00 bits per heavy atom. The van der Waals surface area contributed by atoms with E-state index in [1.165, 1.54) is 24.9 Å². The molecule has 5 nitrogen and oxygen atoms in total. The Bertz CT molecular complexity index is 813. The van der Waals surface area contributed by atoms with Crippen molar-refractivity contribution in [3.05, 3.63) is 46.8 Å². The van der Waals surface area contributed by atoms with Gasteiger partial charge in [-0.1, -0.05) is 6.07 Å². The van der Waals surface area contributed by atoms with Crippen LogP contribution in [0, 0.1) is 0 Å². The van der Waals surface area contributed by atoms with Crippen LogP contribution in [0.1, 0.15) is 24.5 Å². The van der Waals surface area contributed by atoms with Gasteiger partial charge in [-0.3, -0.25) is 9.89 Å². The van der Waals surface area contributed by atoms with Crippen LogP contribution >= 0.6 is 0 Å². The SMILES string of the molecule is O=c1[nH]cnc2ccc(-c3cn[nH]c3C3CC3)cc12. The molecule has 1 aromatic carbocycles. The highest BCUT2D eigenvalue weighted by Gasteiger charge is 2.28. The quantitative estimate of drug-likeness (QED) is 0.734. The van der Waals surface area contributed by atoms with E-state index in [0.29, 0.717) is 16.8 Å². The Balaban J connectivity index is 1.93. The van der Waals surface area contributed by atoms with Crippen molar-refractivity contribution < 1.29 is 0 Å². The predicted molar refractivity (Wildman–Crippen MR) is 71.9 cm³/mol. The number of H-pyrrole nitrogens is 2. The molecule has 0 radical (unpaired) electrons. The molecule has 1 aliphatic carbocycles. The van der Waals surface area contributed by atoms with Gasteiger partial charge in [0.25, 0.3) is 5.56 Å². The molecule has 4 rings (SSSR count). The zero-order valence-electron chi connectivity index (χ0n) is 10.2. The number of aromatic nitrogens is 4. The second-order valence-corrected chi connectivity index (χ2v) is 4.94. The molecule has 5 heteroatoms. The van der Waals surface area contributed by atoms with Crippen molar-refractivity contribution in [2.24, 2.45) is 0 Å². The van der Waals surface area contributed by atoms with E-state index in [1.807, 2.05) is 24.4 Å². The van der Waals surface area contributed by atoms with Gasteiger partial charge < -0.3 is 4.98 Å². The number of aromatic amines is 2. The van der Waals surface area contributed by atoms with Gasteiger partial charge in [-0.2, -0.15) is 5.10 Å². The Hall–Kier alpha value is -2.43. The lowest BCUT2D eigenvalue weighted by atomic mass is 10.0. The van der Waals surface area contributed by atoms with Crippen LogP contribution in [0.2, 0.25) is 0 Å². The van der Waals surface area contributed by atoms with Crippen LogP contribution in [-0.2, 0) is 0 Å². The molecule has 2 aromatic heterocycles. The number of fused-ring (bicyclic) bond motifs is 1. The largest absolute Gasteiger partial charge is 0.313 e. The van der Waals surface area contributed by atoms with E-state index in [1.54, 1.807) is 0 Å². The van der Waals surface area contributed by atoms with Crippen molar-refractivity contribution in [1.29, 1.82) is 0 Å². The Kier molecular flexibility index (Phi) is 2.09. The summed E-state index contributed by atoms with van der Waals surface area (Å²) < 4.78 is 0. The number of nitrogens with zero attached hydrogens (tertiary/aromatic N) is 2. The van der Waals surface area contributed by atoms with E-state index in [0.717, 1.165) is 11.1 Å². The summed E-state index contributed by atoms with van der Waals surface area (Å²) in [6.07, 6.45) is 5.69. The highest BCUT2D eigenvalue weighted by atomic mass is 16.1. The molecule has 0 bridgehead atoms. The van der Waals surface area contributed by atoms with Gasteiger partial charge in [0.1, 0.15) is 0 Å². The van der Waals surface area contributed by atoms with Crippen molar-refractivity contribution in [3.8, 4) is 11.1 Å². The molecule has 1 saturated carbocycles. The second-order valence-electron chi connectivity index (χ2n) is 4.94. The average Bonchev–Trinajstić information content (AvgIpc) is 3.16. The Labute approximate surface area is 108 Å². The molecule has 19 heavy (non-hydrogen) atoms. The maximum atomic E-state index is 11.8. The highest BCUT2D eigenvalue weighted by Crippen LogP contribution is 2.43. The monoisotopic (exact) mass is 252 g/mol. The van der Waals surface area contributed by atoms with Crippen LogP contribution < -0.4 is 5.56 Å².